The Morgan fingerprint density at radius 2 is 2.30 bits per heavy atom. The molecule has 20 heavy (non-hydrogen) atoms. The SMILES string of the molecule is CC(=O)N1CCCC(Nc2cc(C)c(C#N)c(C)n2)C1. The van der Waals surface area contributed by atoms with Crippen molar-refractivity contribution >= 4 is 11.7 Å². The molecule has 0 spiro atoms. The topological polar surface area (TPSA) is 69.0 Å². The summed E-state index contributed by atoms with van der Waals surface area (Å²) < 4.78 is 0. The molecular weight excluding hydrogens is 252 g/mol. The van der Waals surface area contributed by atoms with E-state index in [-0.39, 0.29) is 11.9 Å². The van der Waals surface area contributed by atoms with Crippen LogP contribution in [0.15, 0.2) is 6.07 Å². The number of hydrogen-bond acceptors (Lipinski definition) is 4. The van der Waals surface area contributed by atoms with Crippen LogP contribution in [0.2, 0.25) is 0 Å². The van der Waals surface area contributed by atoms with Crippen LogP contribution in [-0.4, -0.2) is 34.9 Å². The number of likely N-dealkylation sites (tertiary alicyclic amines) is 1. The predicted molar refractivity (Wildman–Crippen MR) is 77.3 cm³/mol. The number of piperidine rings is 1. The molecule has 1 fully saturated rings. The van der Waals surface area contributed by atoms with Crippen molar-refractivity contribution < 1.29 is 4.79 Å². The Bertz CT molecular complexity index is 538. The first kappa shape index (κ1) is 14.3. The first-order chi connectivity index (χ1) is 9.51. The van der Waals surface area contributed by atoms with E-state index in [0.29, 0.717) is 5.56 Å². The van der Waals surface area contributed by atoms with Crippen LogP contribution < -0.4 is 5.32 Å². The molecule has 1 N–H and O–H groups in total. The second kappa shape index (κ2) is 5.91. The molecule has 1 aliphatic rings. The van der Waals surface area contributed by atoms with E-state index in [0.717, 1.165) is 43.0 Å². The number of nitrogens with one attached hydrogen (secondary N) is 1. The van der Waals surface area contributed by atoms with Crippen molar-refractivity contribution in [3.05, 3.63) is 22.9 Å². The highest BCUT2D eigenvalue weighted by Crippen LogP contribution is 2.19. The highest BCUT2D eigenvalue weighted by atomic mass is 16.2. The minimum Gasteiger partial charge on any atom is -0.366 e. The summed E-state index contributed by atoms with van der Waals surface area (Å²) in [7, 11) is 0. The zero-order valence-electron chi connectivity index (χ0n) is 12.2. The Hall–Kier alpha value is -2.09. The van der Waals surface area contributed by atoms with Gasteiger partial charge in [-0.1, -0.05) is 0 Å². The van der Waals surface area contributed by atoms with Gasteiger partial charge in [0.15, 0.2) is 0 Å². The Kier molecular flexibility index (Phi) is 4.23. The van der Waals surface area contributed by atoms with Crippen molar-refractivity contribution in [2.75, 3.05) is 18.4 Å². The van der Waals surface area contributed by atoms with Crippen LogP contribution in [-0.2, 0) is 4.79 Å². The minimum absolute atomic E-state index is 0.122. The number of amides is 1. The Morgan fingerprint density at radius 3 is 2.90 bits per heavy atom. The summed E-state index contributed by atoms with van der Waals surface area (Å²) in [5.74, 6) is 0.908. The largest absolute Gasteiger partial charge is 0.366 e. The molecule has 2 rings (SSSR count). The number of rotatable bonds is 2. The van der Waals surface area contributed by atoms with E-state index in [1.54, 1.807) is 6.92 Å². The van der Waals surface area contributed by atoms with Gasteiger partial charge in [-0.25, -0.2) is 4.98 Å². The molecule has 1 amide bonds. The second-order valence-corrected chi connectivity index (χ2v) is 5.35. The third-order valence-electron chi connectivity index (χ3n) is 3.73. The van der Waals surface area contributed by atoms with Crippen molar-refractivity contribution in [3.8, 4) is 6.07 Å². The summed E-state index contributed by atoms with van der Waals surface area (Å²) in [6.07, 6.45) is 2.04. The van der Waals surface area contributed by atoms with E-state index in [9.17, 15) is 4.79 Å². The molecule has 1 saturated heterocycles. The zero-order valence-corrected chi connectivity index (χ0v) is 12.2. The third kappa shape index (κ3) is 3.08. The van der Waals surface area contributed by atoms with Crippen LogP contribution in [0.25, 0.3) is 0 Å². The van der Waals surface area contributed by atoms with Gasteiger partial charge in [0.2, 0.25) is 5.91 Å². The zero-order chi connectivity index (χ0) is 14.7. The first-order valence-corrected chi connectivity index (χ1v) is 6.91. The maximum Gasteiger partial charge on any atom is 0.219 e. The lowest BCUT2D eigenvalue weighted by Crippen LogP contribution is -2.44. The van der Waals surface area contributed by atoms with Crippen molar-refractivity contribution in [1.82, 2.24) is 9.88 Å². The van der Waals surface area contributed by atoms with Crippen LogP contribution in [0.4, 0.5) is 5.82 Å². The molecule has 0 aliphatic carbocycles. The first-order valence-electron chi connectivity index (χ1n) is 6.91. The van der Waals surface area contributed by atoms with Crippen molar-refractivity contribution in [2.45, 2.75) is 39.7 Å². The van der Waals surface area contributed by atoms with Gasteiger partial charge in [0.1, 0.15) is 11.9 Å². The number of carbonyl (C=O) groups excluding carboxylic acids is 1. The standard InChI is InChI=1S/C15H20N4O/c1-10-7-15(17-11(2)14(10)8-16)18-13-5-4-6-19(9-13)12(3)20/h7,13H,4-6,9H2,1-3H3,(H,17,18). The summed E-state index contributed by atoms with van der Waals surface area (Å²) in [6.45, 7) is 6.93. The van der Waals surface area contributed by atoms with Crippen molar-refractivity contribution in [1.29, 1.82) is 5.26 Å². The Morgan fingerprint density at radius 1 is 1.55 bits per heavy atom. The number of nitrogens with zero attached hydrogens (tertiary/aromatic N) is 3. The smallest absolute Gasteiger partial charge is 0.219 e. The van der Waals surface area contributed by atoms with Crippen LogP contribution in [0.3, 0.4) is 0 Å². The molecule has 106 valence electrons. The highest BCUT2D eigenvalue weighted by Gasteiger charge is 2.21. The van der Waals surface area contributed by atoms with Gasteiger partial charge in [-0.15, -0.1) is 0 Å². The average Bonchev–Trinajstić information content (AvgIpc) is 2.38. The van der Waals surface area contributed by atoms with Gasteiger partial charge in [0.05, 0.1) is 11.3 Å². The number of aryl methyl sites for hydroxylation is 2. The van der Waals surface area contributed by atoms with E-state index < -0.39 is 0 Å². The van der Waals surface area contributed by atoms with E-state index in [4.69, 9.17) is 5.26 Å². The van der Waals surface area contributed by atoms with Crippen LogP contribution in [0.5, 0.6) is 0 Å². The lowest BCUT2D eigenvalue weighted by Gasteiger charge is -2.32. The molecule has 0 saturated carbocycles. The van der Waals surface area contributed by atoms with Gasteiger partial charge >= 0.3 is 0 Å². The summed E-state index contributed by atoms with van der Waals surface area (Å²) in [5.41, 5.74) is 2.32. The summed E-state index contributed by atoms with van der Waals surface area (Å²) in [4.78, 5) is 17.7. The van der Waals surface area contributed by atoms with Crippen LogP contribution in [0.1, 0.15) is 36.6 Å². The second-order valence-electron chi connectivity index (χ2n) is 5.35. The molecule has 0 radical (unpaired) electrons. The van der Waals surface area contributed by atoms with E-state index >= 15 is 0 Å². The number of hydrogen-bond donors (Lipinski definition) is 1. The maximum atomic E-state index is 11.4. The average molecular weight is 272 g/mol. The predicted octanol–water partition coefficient (Wildman–Crippen LogP) is 1.99. The summed E-state index contributed by atoms with van der Waals surface area (Å²) in [5, 5.41) is 12.4. The van der Waals surface area contributed by atoms with Gasteiger partial charge in [-0.3, -0.25) is 4.79 Å². The molecule has 1 aromatic heterocycles. The molecule has 0 bridgehead atoms. The van der Waals surface area contributed by atoms with Gasteiger partial charge in [-0.2, -0.15) is 5.26 Å². The number of pyridine rings is 1. The molecule has 1 aromatic rings. The highest BCUT2D eigenvalue weighted by molar-refractivity contribution is 5.73. The van der Waals surface area contributed by atoms with Gasteiger partial charge < -0.3 is 10.2 Å². The minimum atomic E-state index is 0.122. The number of nitriles is 1. The quantitative estimate of drug-likeness (QED) is 0.894. The molecule has 5 nitrogen and oxygen atoms in total. The lowest BCUT2D eigenvalue weighted by atomic mass is 10.1. The number of aromatic nitrogens is 1. The number of anilines is 1. The summed E-state index contributed by atoms with van der Waals surface area (Å²) in [6, 6.07) is 4.30. The Balaban J connectivity index is 2.11. The fourth-order valence-corrected chi connectivity index (χ4v) is 2.66. The van der Waals surface area contributed by atoms with Gasteiger partial charge in [0.25, 0.3) is 0 Å². The van der Waals surface area contributed by atoms with E-state index in [1.165, 1.54) is 0 Å². The fraction of sp³-hybridized carbons (Fsp3) is 0.533. The van der Waals surface area contributed by atoms with Gasteiger partial charge in [-0.05, 0) is 38.3 Å². The molecule has 1 atom stereocenters. The third-order valence-corrected chi connectivity index (χ3v) is 3.73. The lowest BCUT2D eigenvalue weighted by molar-refractivity contribution is -0.129. The summed E-state index contributed by atoms with van der Waals surface area (Å²) >= 11 is 0. The van der Waals surface area contributed by atoms with E-state index in [2.05, 4.69) is 16.4 Å². The molecule has 0 aromatic carbocycles. The van der Waals surface area contributed by atoms with Crippen molar-refractivity contribution in [2.24, 2.45) is 0 Å². The fourth-order valence-electron chi connectivity index (χ4n) is 2.66. The number of carbonyl (C=O) groups is 1. The monoisotopic (exact) mass is 272 g/mol. The van der Waals surface area contributed by atoms with Crippen molar-refractivity contribution in [3.63, 3.8) is 0 Å². The van der Waals surface area contributed by atoms with E-state index in [1.807, 2.05) is 24.8 Å². The maximum absolute atomic E-state index is 11.4. The molecule has 2 heterocycles. The van der Waals surface area contributed by atoms with Gasteiger partial charge in [0, 0.05) is 26.1 Å². The van der Waals surface area contributed by atoms with Crippen LogP contribution in [0, 0.1) is 25.2 Å². The normalized spacial score (nSPS) is 18.5. The molecule has 1 unspecified atom stereocenters. The Labute approximate surface area is 119 Å². The molecule has 5 heteroatoms. The molecule has 1 aliphatic heterocycles. The van der Waals surface area contributed by atoms with Crippen LogP contribution >= 0.6 is 0 Å². The molecular formula is C15H20N4O.